The van der Waals surface area contributed by atoms with Crippen molar-refractivity contribution in [2.45, 2.75) is 96.0 Å². The second-order valence-corrected chi connectivity index (χ2v) is 16.2. The summed E-state index contributed by atoms with van der Waals surface area (Å²) >= 11 is 0. The number of alkyl halides is 3. The summed E-state index contributed by atoms with van der Waals surface area (Å²) in [5.41, 5.74) is -3.74. The third-order valence-corrected chi connectivity index (χ3v) is 10.3. The van der Waals surface area contributed by atoms with Gasteiger partial charge in [-0.1, -0.05) is 71.9 Å². The average Bonchev–Trinajstić information content (AvgIpc) is 2.89. The standard InChI is InChI=1S/C30H42F3N2O7PS/c1-27(2,3)29(28(4,5)6,42-43(37,38)39)25(20-10-8-7-9-11-20)34-26(36)21-12-16-23(17-13-21)35-44(40,41)24-18-14-22(15-19-24)30(31,32)33/h7-11,14-15,18-19,21,23,25,35H,12-13,16-17H2,1-6H3,(H,34,36)(H2,37,38,39)/t21?,23?,25-/m0/s1. The zero-order valence-corrected chi connectivity index (χ0v) is 27.4. The molecule has 1 atom stereocenters. The lowest BCUT2D eigenvalue weighted by Gasteiger charge is -2.56. The van der Waals surface area contributed by atoms with Crippen LogP contribution in [0.1, 0.15) is 84.4 Å². The highest BCUT2D eigenvalue weighted by Crippen LogP contribution is 2.60. The summed E-state index contributed by atoms with van der Waals surface area (Å²) in [5.74, 6) is -0.893. The third kappa shape index (κ3) is 8.30. The number of carbonyl (C=O) groups excluding carboxylic acids is 1. The minimum Gasteiger partial charge on any atom is -0.346 e. The molecule has 1 aliphatic carbocycles. The van der Waals surface area contributed by atoms with Crippen LogP contribution in [0.5, 0.6) is 0 Å². The summed E-state index contributed by atoms with van der Waals surface area (Å²) in [6, 6.07) is 10.6. The molecular formula is C30H42F3N2O7PS. The van der Waals surface area contributed by atoms with Gasteiger partial charge < -0.3 is 15.1 Å². The number of hydrogen-bond acceptors (Lipinski definition) is 5. The van der Waals surface area contributed by atoms with Gasteiger partial charge in [0, 0.05) is 12.0 Å². The SMILES string of the molecule is CC(C)(C)C(OP(=O)(O)O)([C@@H](NC(=O)C1CCC(NS(=O)(=O)c2ccc(C(F)(F)F)cc2)CC1)c1ccccc1)C(C)(C)C. The Morgan fingerprint density at radius 1 is 0.886 bits per heavy atom. The van der Waals surface area contributed by atoms with E-state index in [1.807, 2.05) is 0 Å². The van der Waals surface area contributed by atoms with Crippen LogP contribution in [0.4, 0.5) is 13.2 Å². The maximum atomic E-state index is 13.8. The second-order valence-electron chi connectivity index (χ2n) is 13.4. The number of halogens is 3. The molecule has 0 saturated heterocycles. The lowest BCUT2D eigenvalue weighted by atomic mass is 9.58. The molecule has 246 valence electrons. The average molecular weight is 663 g/mol. The van der Waals surface area contributed by atoms with E-state index in [1.54, 1.807) is 71.9 Å². The molecule has 0 spiro atoms. The molecule has 2 aromatic rings. The Bertz CT molecular complexity index is 1430. The number of sulfonamides is 1. The molecule has 0 heterocycles. The number of carbonyl (C=O) groups is 1. The topological polar surface area (TPSA) is 142 Å². The first-order valence-electron chi connectivity index (χ1n) is 14.3. The molecule has 14 heteroatoms. The van der Waals surface area contributed by atoms with Gasteiger partial charge in [-0.15, -0.1) is 0 Å². The maximum Gasteiger partial charge on any atom is 0.470 e. The number of rotatable bonds is 9. The van der Waals surface area contributed by atoms with Gasteiger partial charge in [0.05, 0.1) is 16.5 Å². The molecule has 1 saturated carbocycles. The van der Waals surface area contributed by atoms with E-state index in [-0.39, 0.29) is 10.8 Å². The van der Waals surface area contributed by atoms with Gasteiger partial charge in [-0.3, -0.25) is 9.32 Å². The van der Waals surface area contributed by atoms with Crippen LogP contribution in [0.2, 0.25) is 0 Å². The number of hydrogen-bond donors (Lipinski definition) is 4. The molecule has 0 unspecified atom stereocenters. The van der Waals surface area contributed by atoms with Crippen molar-refractivity contribution in [1.82, 2.24) is 10.0 Å². The van der Waals surface area contributed by atoms with E-state index in [0.717, 1.165) is 12.1 Å². The molecule has 3 rings (SSSR count). The van der Waals surface area contributed by atoms with Crippen LogP contribution >= 0.6 is 7.82 Å². The highest BCUT2D eigenvalue weighted by atomic mass is 32.2. The van der Waals surface area contributed by atoms with Gasteiger partial charge in [-0.25, -0.2) is 17.7 Å². The van der Waals surface area contributed by atoms with Crippen molar-refractivity contribution in [3.8, 4) is 0 Å². The Balaban J connectivity index is 1.83. The highest BCUT2D eigenvalue weighted by molar-refractivity contribution is 7.89. The minimum atomic E-state index is -5.07. The van der Waals surface area contributed by atoms with E-state index in [1.165, 1.54) is 0 Å². The third-order valence-electron chi connectivity index (χ3n) is 8.23. The zero-order valence-electron chi connectivity index (χ0n) is 25.7. The van der Waals surface area contributed by atoms with Crippen LogP contribution in [0.3, 0.4) is 0 Å². The highest BCUT2D eigenvalue weighted by Gasteiger charge is 2.61. The van der Waals surface area contributed by atoms with Crippen LogP contribution in [0.25, 0.3) is 0 Å². The first-order valence-corrected chi connectivity index (χ1v) is 17.3. The lowest BCUT2D eigenvalue weighted by Crippen LogP contribution is -2.63. The molecule has 0 aliphatic heterocycles. The largest absolute Gasteiger partial charge is 0.470 e. The predicted octanol–water partition coefficient (Wildman–Crippen LogP) is 6.34. The van der Waals surface area contributed by atoms with Crippen molar-refractivity contribution in [1.29, 1.82) is 0 Å². The number of phosphoric acid groups is 1. The molecule has 1 aliphatic rings. The van der Waals surface area contributed by atoms with Gasteiger partial charge in [0.2, 0.25) is 15.9 Å². The van der Waals surface area contributed by atoms with Gasteiger partial charge >= 0.3 is 14.0 Å². The fraction of sp³-hybridized carbons (Fsp3) is 0.567. The van der Waals surface area contributed by atoms with Crippen molar-refractivity contribution in [2.75, 3.05) is 0 Å². The summed E-state index contributed by atoms with van der Waals surface area (Å²) < 4.78 is 85.0. The normalized spacial score (nSPS) is 19.8. The van der Waals surface area contributed by atoms with Crippen LogP contribution < -0.4 is 10.0 Å². The second kappa shape index (κ2) is 12.8. The van der Waals surface area contributed by atoms with E-state index >= 15 is 0 Å². The van der Waals surface area contributed by atoms with Crippen molar-refractivity contribution in [3.05, 3.63) is 65.7 Å². The number of benzene rings is 2. The van der Waals surface area contributed by atoms with Gasteiger partial charge in [0.1, 0.15) is 5.60 Å². The molecule has 44 heavy (non-hydrogen) atoms. The molecule has 2 aromatic carbocycles. The van der Waals surface area contributed by atoms with Gasteiger partial charge in [-0.2, -0.15) is 13.2 Å². The Morgan fingerprint density at radius 3 is 1.82 bits per heavy atom. The fourth-order valence-corrected chi connectivity index (χ4v) is 8.75. The summed E-state index contributed by atoms with van der Waals surface area (Å²) in [7, 11) is -9.16. The van der Waals surface area contributed by atoms with Crippen LogP contribution in [-0.2, 0) is 30.1 Å². The molecule has 0 aromatic heterocycles. The molecular weight excluding hydrogens is 620 g/mol. The fourth-order valence-electron chi connectivity index (χ4n) is 6.41. The number of amides is 1. The van der Waals surface area contributed by atoms with Crippen molar-refractivity contribution in [3.63, 3.8) is 0 Å². The summed E-state index contributed by atoms with van der Waals surface area (Å²) in [6.07, 6.45) is -3.36. The monoisotopic (exact) mass is 662 g/mol. The number of nitrogens with one attached hydrogen (secondary N) is 2. The Morgan fingerprint density at radius 2 is 1.39 bits per heavy atom. The minimum absolute atomic E-state index is 0.290. The van der Waals surface area contributed by atoms with Gasteiger partial charge in [0.25, 0.3) is 0 Å². The Kier molecular flexibility index (Phi) is 10.6. The van der Waals surface area contributed by atoms with E-state index < -0.39 is 64.0 Å². The maximum absolute atomic E-state index is 13.8. The Labute approximate surface area is 257 Å². The van der Waals surface area contributed by atoms with E-state index in [9.17, 15) is 40.7 Å². The lowest BCUT2D eigenvalue weighted by molar-refractivity contribution is -0.159. The molecule has 0 bridgehead atoms. The summed E-state index contributed by atoms with van der Waals surface area (Å²) in [4.78, 5) is 33.7. The molecule has 0 radical (unpaired) electrons. The molecule has 1 fully saturated rings. The first-order chi connectivity index (χ1) is 20.0. The van der Waals surface area contributed by atoms with E-state index in [4.69, 9.17) is 4.52 Å². The van der Waals surface area contributed by atoms with E-state index in [2.05, 4.69) is 10.0 Å². The van der Waals surface area contributed by atoms with Crippen molar-refractivity contribution < 1.29 is 45.3 Å². The van der Waals surface area contributed by atoms with E-state index in [0.29, 0.717) is 43.4 Å². The number of phosphoric ester groups is 1. The van der Waals surface area contributed by atoms with Crippen LogP contribution in [-0.4, -0.2) is 35.8 Å². The van der Waals surface area contributed by atoms with Crippen LogP contribution in [0, 0.1) is 16.7 Å². The summed E-state index contributed by atoms with van der Waals surface area (Å²) in [6.45, 7) is 10.8. The van der Waals surface area contributed by atoms with Gasteiger partial charge in [0.15, 0.2) is 0 Å². The smallest absolute Gasteiger partial charge is 0.346 e. The zero-order chi connectivity index (χ0) is 33.4. The van der Waals surface area contributed by atoms with Crippen molar-refractivity contribution in [2.24, 2.45) is 16.7 Å². The quantitative estimate of drug-likeness (QED) is 0.230. The molecule has 9 nitrogen and oxygen atoms in total. The first kappa shape index (κ1) is 36.2. The molecule has 4 N–H and O–H groups in total. The van der Waals surface area contributed by atoms with Crippen LogP contribution in [0.15, 0.2) is 59.5 Å². The van der Waals surface area contributed by atoms with Gasteiger partial charge in [-0.05, 0) is 66.3 Å². The molecule has 1 amide bonds. The summed E-state index contributed by atoms with van der Waals surface area (Å²) in [5, 5.41) is 3.05. The Hall–Kier alpha value is -2.28. The predicted molar refractivity (Wildman–Crippen MR) is 160 cm³/mol. The van der Waals surface area contributed by atoms with Crippen molar-refractivity contribution >= 4 is 23.8 Å².